The van der Waals surface area contributed by atoms with Gasteiger partial charge in [-0.05, 0) is 174 Å². The zero-order valence-electron chi connectivity index (χ0n) is 46.7. The molecule has 11 aromatic rings. The minimum absolute atomic E-state index is 0.00376. The summed E-state index contributed by atoms with van der Waals surface area (Å²) in [5.74, 6) is 0. The van der Waals surface area contributed by atoms with Crippen LogP contribution in [0.15, 0.2) is 130 Å². The maximum absolute atomic E-state index is 7.29. The zero-order valence-corrected chi connectivity index (χ0v) is 46.7. The molecule has 5 heteroatoms. The van der Waals surface area contributed by atoms with Crippen molar-refractivity contribution in [2.24, 2.45) is 0 Å². The Morgan fingerprint density at radius 3 is 1.74 bits per heavy atom. The molecular formula is C71H67BN2O2. The van der Waals surface area contributed by atoms with E-state index in [2.05, 4.69) is 221 Å². The predicted octanol–water partition coefficient (Wildman–Crippen LogP) is 18.1. The molecule has 2 aliphatic heterocycles. The molecule has 3 aromatic heterocycles. The lowest BCUT2D eigenvalue weighted by Crippen LogP contribution is -2.61. The molecular weight excluding hydrogens is 924 g/mol. The number of para-hydroxylation sites is 1. The highest BCUT2D eigenvalue weighted by atomic mass is 16.3. The van der Waals surface area contributed by atoms with Crippen molar-refractivity contribution in [2.75, 3.05) is 4.81 Å². The van der Waals surface area contributed by atoms with E-state index in [4.69, 9.17) is 8.83 Å². The van der Waals surface area contributed by atoms with E-state index in [-0.39, 0.29) is 39.3 Å². The van der Waals surface area contributed by atoms with Crippen molar-refractivity contribution in [3.05, 3.63) is 160 Å². The highest BCUT2D eigenvalue weighted by Gasteiger charge is 2.51. The fraction of sp³-hybridized carbons (Fsp3) is 0.324. The van der Waals surface area contributed by atoms with Crippen LogP contribution in [0.5, 0.6) is 0 Å². The Morgan fingerprint density at radius 2 is 1.04 bits per heavy atom. The third-order valence-electron chi connectivity index (χ3n) is 20.4. The first-order valence-electron chi connectivity index (χ1n) is 28.3. The Morgan fingerprint density at radius 1 is 0.474 bits per heavy atom. The first kappa shape index (κ1) is 45.2. The Hall–Kier alpha value is -6.98. The van der Waals surface area contributed by atoms with Crippen LogP contribution in [0.3, 0.4) is 0 Å². The lowest BCUT2D eigenvalue weighted by Gasteiger charge is -2.44. The van der Waals surface area contributed by atoms with E-state index in [1.165, 1.54) is 122 Å². The van der Waals surface area contributed by atoms with Gasteiger partial charge in [0.2, 0.25) is 0 Å². The van der Waals surface area contributed by atoms with Crippen LogP contribution in [0.2, 0.25) is 0 Å². The SMILES string of the molecule is CC(C)(C)c1ccc(N2B3c4cc5c(cc4-n4c6cc7c(cc6c6c8c(c(c3c64)-c3cc4oc6cc9c(cc6c4cc32)C(C)(C)CCC9(C)C)C(C)(C)c2ccccc2-8)C(C)(C)CCC7(C)C)oc2ccccc25)cc1. The smallest absolute Gasteiger partial charge is 0.333 e. The summed E-state index contributed by atoms with van der Waals surface area (Å²) in [5.41, 5.74) is 27.8. The van der Waals surface area contributed by atoms with Crippen LogP contribution in [0.4, 0.5) is 11.4 Å². The van der Waals surface area contributed by atoms with Gasteiger partial charge < -0.3 is 18.2 Å². The van der Waals surface area contributed by atoms with Crippen LogP contribution < -0.4 is 15.7 Å². The number of nitrogens with zero attached hydrogens (tertiary/aromatic N) is 2. The van der Waals surface area contributed by atoms with Gasteiger partial charge >= 0.3 is 6.85 Å². The standard InChI is InChI=1S/C71H67BN2O2/c1-66(2,3)38-22-24-39(25-23-38)74-54-33-44-42-30-48-51(70(10,11)29-27-67(48,4)5)36-58(42)76-57(44)34-46(54)62-63-60(41-19-14-16-20-47(41)71(63,12)13)61-45-31-49-50(69(8,9)28-26-68(49,6)7)35-53(45)73-55-37-59-43(40-18-15-17-21-56(40)75-59)32-52(55)72(74)64(62)65(61)73/h14-25,30-37H,26-29H2,1-13H3. The molecule has 4 nitrogen and oxygen atoms in total. The Bertz CT molecular complexity index is 4480. The van der Waals surface area contributed by atoms with Gasteiger partial charge in [0, 0.05) is 66.4 Å². The van der Waals surface area contributed by atoms with Crippen LogP contribution >= 0.6 is 0 Å². The average molecular weight is 991 g/mol. The number of fused-ring (bicyclic) bond motifs is 21. The average Bonchev–Trinajstić information content (AvgIpc) is 4.26. The van der Waals surface area contributed by atoms with E-state index in [0.717, 1.165) is 58.8 Å². The topological polar surface area (TPSA) is 34.5 Å². The second-order valence-electron chi connectivity index (χ2n) is 28.2. The van der Waals surface area contributed by atoms with Gasteiger partial charge in [-0.2, -0.15) is 0 Å². The summed E-state index contributed by atoms with van der Waals surface area (Å²) in [6.07, 6.45) is 4.62. The molecule has 0 fully saturated rings. The molecule has 5 aliphatic rings. The monoisotopic (exact) mass is 991 g/mol. The van der Waals surface area contributed by atoms with Gasteiger partial charge in [-0.25, -0.2) is 0 Å². The van der Waals surface area contributed by atoms with Gasteiger partial charge in [0.05, 0.1) is 11.0 Å². The third kappa shape index (κ3) is 5.57. The summed E-state index contributed by atoms with van der Waals surface area (Å²) in [6, 6.07) is 47.7. The molecule has 0 atom stereocenters. The third-order valence-corrected chi connectivity index (χ3v) is 20.4. The zero-order chi connectivity index (χ0) is 52.3. The summed E-state index contributed by atoms with van der Waals surface area (Å²) in [5, 5.41) is 7.40. The van der Waals surface area contributed by atoms with Crippen LogP contribution in [0, 0.1) is 0 Å². The van der Waals surface area contributed by atoms with Crippen molar-refractivity contribution in [3.63, 3.8) is 0 Å². The first-order chi connectivity index (χ1) is 36.0. The van der Waals surface area contributed by atoms with Crippen molar-refractivity contribution in [3.8, 4) is 27.9 Å². The summed E-state index contributed by atoms with van der Waals surface area (Å²) in [6.45, 7) is 31.4. The lowest BCUT2D eigenvalue weighted by atomic mass is 9.43. The Labute approximate surface area is 447 Å². The van der Waals surface area contributed by atoms with Gasteiger partial charge in [-0.15, -0.1) is 0 Å². The maximum Gasteiger partial charge on any atom is 0.333 e. The number of hydrogen-bond acceptors (Lipinski definition) is 3. The van der Waals surface area contributed by atoms with E-state index in [1.54, 1.807) is 0 Å². The molecule has 0 amide bonds. The summed E-state index contributed by atoms with van der Waals surface area (Å²) < 4.78 is 16.9. The first-order valence-corrected chi connectivity index (χ1v) is 28.3. The molecule has 76 heavy (non-hydrogen) atoms. The predicted molar refractivity (Wildman–Crippen MR) is 321 cm³/mol. The molecule has 5 heterocycles. The fourth-order valence-electron chi connectivity index (χ4n) is 15.9. The quantitative estimate of drug-likeness (QED) is 0.154. The summed E-state index contributed by atoms with van der Waals surface area (Å²) >= 11 is 0. The molecule has 0 saturated heterocycles. The highest BCUT2D eigenvalue weighted by molar-refractivity contribution is 6.94. The van der Waals surface area contributed by atoms with Gasteiger partial charge in [-0.3, -0.25) is 0 Å². The van der Waals surface area contributed by atoms with Crippen molar-refractivity contribution < 1.29 is 8.83 Å². The van der Waals surface area contributed by atoms with Gasteiger partial charge in [0.15, 0.2) is 0 Å². The number of aromatic nitrogens is 1. The largest absolute Gasteiger partial charge is 0.456 e. The maximum atomic E-state index is 7.29. The molecule has 0 N–H and O–H groups in total. The molecule has 0 radical (unpaired) electrons. The summed E-state index contributed by atoms with van der Waals surface area (Å²) in [7, 11) is 0. The van der Waals surface area contributed by atoms with Crippen molar-refractivity contribution in [2.45, 2.75) is 148 Å². The van der Waals surface area contributed by atoms with Gasteiger partial charge in [0.1, 0.15) is 22.3 Å². The number of anilines is 2. The second kappa shape index (κ2) is 13.9. The normalized spacial score (nSPS) is 18.9. The minimum Gasteiger partial charge on any atom is -0.456 e. The molecule has 376 valence electrons. The van der Waals surface area contributed by atoms with Gasteiger partial charge in [-0.1, -0.05) is 151 Å². The van der Waals surface area contributed by atoms with Crippen molar-refractivity contribution >= 4 is 94.8 Å². The Balaban J connectivity index is 1.14. The van der Waals surface area contributed by atoms with E-state index in [9.17, 15) is 0 Å². The van der Waals surface area contributed by atoms with E-state index >= 15 is 0 Å². The Kier molecular flexibility index (Phi) is 8.30. The van der Waals surface area contributed by atoms with E-state index < -0.39 is 0 Å². The van der Waals surface area contributed by atoms with Crippen molar-refractivity contribution in [1.29, 1.82) is 0 Å². The molecule has 16 rings (SSSR count). The molecule has 0 saturated carbocycles. The van der Waals surface area contributed by atoms with Gasteiger partial charge in [0.25, 0.3) is 0 Å². The number of rotatable bonds is 1. The fourth-order valence-corrected chi connectivity index (χ4v) is 15.9. The lowest BCUT2D eigenvalue weighted by molar-refractivity contribution is 0.332. The molecule has 8 aromatic carbocycles. The summed E-state index contributed by atoms with van der Waals surface area (Å²) in [4.78, 5) is 2.74. The molecule has 0 bridgehead atoms. The highest BCUT2D eigenvalue weighted by Crippen LogP contribution is 2.61. The van der Waals surface area contributed by atoms with Crippen LogP contribution in [-0.4, -0.2) is 11.4 Å². The van der Waals surface area contributed by atoms with Crippen LogP contribution in [-0.2, 0) is 32.5 Å². The minimum atomic E-state index is -0.321. The number of hydrogen-bond donors (Lipinski definition) is 0. The number of furan rings is 2. The molecule has 0 spiro atoms. The van der Waals surface area contributed by atoms with E-state index in [1.807, 2.05) is 0 Å². The number of benzene rings is 8. The van der Waals surface area contributed by atoms with Crippen LogP contribution in [0.1, 0.15) is 155 Å². The second-order valence-corrected chi connectivity index (χ2v) is 28.2. The van der Waals surface area contributed by atoms with Crippen LogP contribution in [0.25, 0.3) is 93.6 Å². The molecule has 3 aliphatic carbocycles. The van der Waals surface area contributed by atoms with E-state index in [0.29, 0.717) is 0 Å². The van der Waals surface area contributed by atoms with Crippen molar-refractivity contribution in [1.82, 2.24) is 4.57 Å². The molecule has 0 unspecified atom stereocenters.